The van der Waals surface area contributed by atoms with Gasteiger partial charge in [0.2, 0.25) is 0 Å². The molecule has 1 aliphatic heterocycles. The van der Waals surface area contributed by atoms with E-state index in [1.807, 2.05) is 0 Å². The van der Waals surface area contributed by atoms with E-state index in [1.54, 1.807) is 12.4 Å². The van der Waals surface area contributed by atoms with Crippen molar-refractivity contribution in [2.75, 3.05) is 4.90 Å². The van der Waals surface area contributed by atoms with E-state index < -0.39 is 0 Å². The highest BCUT2D eigenvalue weighted by atomic mass is 15.2. The zero-order chi connectivity index (χ0) is 28.0. The monoisotopic (exact) mass is 537 g/mol. The Bertz CT molecular complexity index is 2170. The van der Waals surface area contributed by atoms with Crippen molar-refractivity contribution >= 4 is 38.6 Å². The van der Waals surface area contributed by atoms with Gasteiger partial charge in [0.25, 0.3) is 0 Å². The van der Waals surface area contributed by atoms with Crippen LogP contribution < -0.4 is 4.90 Å². The molecule has 2 heterocycles. The van der Waals surface area contributed by atoms with Crippen LogP contribution in [-0.2, 0) is 5.41 Å². The van der Waals surface area contributed by atoms with Gasteiger partial charge in [-0.05, 0) is 51.2 Å². The lowest BCUT2D eigenvalue weighted by Crippen LogP contribution is -2.30. The van der Waals surface area contributed by atoms with Gasteiger partial charge in [-0.3, -0.25) is 9.97 Å². The highest BCUT2D eigenvalue weighted by molar-refractivity contribution is 6.19. The molecule has 2 aliphatic rings. The van der Waals surface area contributed by atoms with E-state index in [-0.39, 0.29) is 5.41 Å². The molecule has 1 aromatic heterocycles. The Kier molecular flexibility index (Phi) is 4.67. The van der Waals surface area contributed by atoms with E-state index >= 15 is 0 Å². The standard InChI is InChI=1S/C39H27N3/c1-39(2)31-15-3-5-17-34(31)42(35-18-6-4-16-32(35)39)33-19-9-11-25-24(10-7-12-27(25)33)26-20-21-30-36-28(26)13-8-14-29(36)37-38(30)41-23-22-40-37/h3-23H,1-2H3. The van der Waals surface area contributed by atoms with Crippen LogP contribution in [0.15, 0.2) is 128 Å². The summed E-state index contributed by atoms with van der Waals surface area (Å²) in [6.45, 7) is 4.67. The van der Waals surface area contributed by atoms with Gasteiger partial charge in [-0.15, -0.1) is 0 Å². The molecule has 1 aliphatic carbocycles. The molecule has 0 amide bonds. The van der Waals surface area contributed by atoms with Gasteiger partial charge in [0.05, 0.1) is 28.5 Å². The fraction of sp³-hybridized carbons (Fsp3) is 0.0769. The Morgan fingerprint density at radius 3 is 1.67 bits per heavy atom. The van der Waals surface area contributed by atoms with Crippen LogP contribution in [0.1, 0.15) is 25.0 Å². The smallest absolute Gasteiger partial charge is 0.0971 e. The normalized spacial score (nSPS) is 14.1. The quantitative estimate of drug-likeness (QED) is 0.220. The first-order chi connectivity index (χ1) is 20.6. The van der Waals surface area contributed by atoms with E-state index in [9.17, 15) is 0 Å². The van der Waals surface area contributed by atoms with E-state index in [4.69, 9.17) is 9.97 Å². The number of hydrogen-bond acceptors (Lipinski definition) is 3. The second kappa shape index (κ2) is 8.37. The third-order valence-corrected chi connectivity index (χ3v) is 9.32. The van der Waals surface area contributed by atoms with E-state index in [0.29, 0.717) is 0 Å². The SMILES string of the molecule is CC1(C)c2ccccc2N(c2cccc3c(-c4ccc5c6c(cccc46)-c4nccnc4-5)cccc23)c2ccccc21. The predicted octanol–water partition coefficient (Wildman–Crippen LogP) is 10.2. The van der Waals surface area contributed by atoms with Crippen LogP contribution in [0.3, 0.4) is 0 Å². The van der Waals surface area contributed by atoms with Crippen molar-refractivity contribution in [3.05, 3.63) is 139 Å². The summed E-state index contributed by atoms with van der Waals surface area (Å²) in [7, 11) is 0. The third kappa shape index (κ3) is 3.00. The molecular formula is C39H27N3. The summed E-state index contributed by atoms with van der Waals surface area (Å²) in [5, 5.41) is 4.94. The number of hydrogen-bond donors (Lipinski definition) is 0. The topological polar surface area (TPSA) is 29.0 Å². The van der Waals surface area contributed by atoms with Crippen LogP contribution in [0.25, 0.3) is 55.2 Å². The van der Waals surface area contributed by atoms with Crippen molar-refractivity contribution in [3.63, 3.8) is 0 Å². The Labute approximate surface area is 244 Å². The third-order valence-electron chi connectivity index (χ3n) is 9.32. The van der Waals surface area contributed by atoms with Gasteiger partial charge >= 0.3 is 0 Å². The lowest BCUT2D eigenvalue weighted by Gasteiger charge is -2.42. The van der Waals surface area contributed by atoms with Crippen LogP contribution in [0, 0.1) is 0 Å². The van der Waals surface area contributed by atoms with E-state index in [1.165, 1.54) is 60.9 Å². The van der Waals surface area contributed by atoms with Crippen LogP contribution in [-0.4, -0.2) is 9.97 Å². The second-order valence-corrected chi connectivity index (χ2v) is 11.8. The van der Waals surface area contributed by atoms with Crippen molar-refractivity contribution in [2.24, 2.45) is 0 Å². The van der Waals surface area contributed by atoms with E-state index in [2.05, 4.69) is 134 Å². The van der Waals surface area contributed by atoms with Crippen molar-refractivity contribution in [2.45, 2.75) is 19.3 Å². The number of benzene rings is 6. The number of para-hydroxylation sites is 2. The van der Waals surface area contributed by atoms with Crippen LogP contribution in [0.2, 0.25) is 0 Å². The summed E-state index contributed by atoms with van der Waals surface area (Å²) in [4.78, 5) is 11.8. The summed E-state index contributed by atoms with van der Waals surface area (Å²) in [5.74, 6) is 0. The summed E-state index contributed by atoms with van der Waals surface area (Å²) in [6, 6.07) is 42.2. The summed E-state index contributed by atoms with van der Waals surface area (Å²) >= 11 is 0. The van der Waals surface area contributed by atoms with Crippen molar-refractivity contribution in [3.8, 4) is 33.6 Å². The summed E-state index contributed by atoms with van der Waals surface area (Å²) < 4.78 is 0. The zero-order valence-electron chi connectivity index (χ0n) is 23.5. The summed E-state index contributed by atoms with van der Waals surface area (Å²) in [5.41, 5.74) is 13.0. The highest BCUT2D eigenvalue weighted by Gasteiger charge is 2.37. The maximum absolute atomic E-state index is 4.69. The first kappa shape index (κ1) is 23.4. The van der Waals surface area contributed by atoms with Gasteiger partial charge in [-0.1, -0.05) is 111 Å². The Morgan fingerprint density at radius 1 is 0.452 bits per heavy atom. The lowest BCUT2D eigenvalue weighted by molar-refractivity contribution is 0.632. The highest BCUT2D eigenvalue weighted by Crippen LogP contribution is 2.53. The molecule has 3 heteroatoms. The lowest BCUT2D eigenvalue weighted by atomic mass is 9.73. The van der Waals surface area contributed by atoms with Gasteiger partial charge in [0.1, 0.15) is 0 Å². The molecule has 42 heavy (non-hydrogen) atoms. The molecule has 0 N–H and O–H groups in total. The molecule has 198 valence electrons. The molecule has 9 rings (SSSR count). The maximum Gasteiger partial charge on any atom is 0.0971 e. The summed E-state index contributed by atoms with van der Waals surface area (Å²) in [6.07, 6.45) is 3.57. The predicted molar refractivity (Wildman–Crippen MR) is 174 cm³/mol. The first-order valence-corrected chi connectivity index (χ1v) is 14.5. The molecule has 0 bridgehead atoms. The van der Waals surface area contributed by atoms with Gasteiger partial charge in [-0.2, -0.15) is 0 Å². The first-order valence-electron chi connectivity index (χ1n) is 14.5. The molecule has 7 aromatic rings. The van der Waals surface area contributed by atoms with E-state index in [0.717, 1.165) is 22.5 Å². The largest absolute Gasteiger partial charge is 0.309 e. The van der Waals surface area contributed by atoms with Crippen molar-refractivity contribution in [1.82, 2.24) is 9.97 Å². The molecular weight excluding hydrogens is 510 g/mol. The van der Waals surface area contributed by atoms with Crippen LogP contribution in [0.5, 0.6) is 0 Å². The molecule has 0 spiro atoms. The molecule has 0 radical (unpaired) electrons. The number of anilines is 3. The number of aromatic nitrogens is 2. The number of fused-ring (bicyclic) bond motifs is 6. The average molecular weight is 538 g/mol. The Hall–Kier alpha value is -5.28. The maximum atomic E-state index is 4.69. The fourth-order valence-corrected chi connectivity index (χ4v) is 7.42. The van der Waals surface area contributed by atoms with Crippen molar-refractivity contribution in [1.29, 1.82) is 0 Å². The van der Waals surface area contributed by atoms with Crippen molar-refractivity contribution < 1.29 is 0 Å². The average Bonchev–Trinajstić information content (AvgIpc) is 3.36. The Morgan fingerprint density at radius 2 is 0.952 bits per heavy atom. The Balaban J connectivity index is 1.30. The fourth-order valence-electron chi connectivity index (χ4n) is 7.42. The van der Waals surface area contributed by atoms with Crippen LogP contribution >= 0.6 is 0 Å². The van der Waals surface area contributed by atoms with Gasteiger partial charge in [0, 0.05) is 39.7 Å². The zero-order valence-corrected chi connectivity index (χ0v) is 23.5. The minimum absolute atomic E-state index is 0.0919. The number of rotatable bonds is 2. The molecule has 3 nitrogen and oxygen atoms in total. The second-order valence-electron chi connectivity index (χ2n) is 11.8. The molecule has 0 unspecified atom stereocenters. The van der Waals surface area contributed by atoms with Crippen LogP contribution in [0.4, 0.5) is 17.1 Å². The van der Waals surface area contributed by atoms with Gasteiger partial charge in [-0.25, -0.2) is 0 Å². The minimum Gasteiger partial charge on any atom is -0.309 e. The minimum atomic E-state index is -0.0919. The van der Waals surface area contributed by atoms with Gasteiger partial charge in [0.15, 0.2) is 0 Å². The van der Waals surface area contributed by atoms with Gasteiger partial charge < -0.3 is 4.90 Å². The molecule has 0 saturated heterocycles. The molecule has 0 saturated carbocycles. The molecule has 6 aromatic carbocycles. The number of nitrogens with zero attached hydrogens (tertiary/aromatic N) is 3. The molecule has 0 atom stereocenters. The molecule has 0 fully saturated rings.